The Morgan fingerprint density at radius 1 is 1.28 bits per heavy atom. The predicted molar refractivity (Wildman–Crippen MR) is 74.1 cm³/mol. The smallest absolute Gasteiger partial charge is 0.265 e. The van der Waals surface area contributed by atoms with Crippen molar-refractivity contribution in [3.8, 4) is 0 Å². The summed E-state index contributed by atoms with van der Waals surface area (Å²) in [5, 5.41) is 8.27. The summed E-state index contributed by atoms with van der Waals surface area (Å²) in [6.07, 6.45) is 0.968. The van der Waals surface area contributed by atoms with Gasteiger partial charge in [0.25, 0.3) is 5.91 Å². The zero-order chi connectivity index (χ0) is 12.4. The van der Waals surface area contributed by atoms with E-state index in [1.54, 1.807) is 0 Å². The fourth-order valence-corrected chi connectivity index (χ4v) is 2.86. The van der Waals surface area contributed by atoms with Crippen LogP contribution in [-0.4, -0.2) is 12.5 Å². The molecule has 92 valence electrons. The summed E-state index contributed by atoms with van der Waals surface area (Å²) >= 11 is 1.46. The first-order valence-corrected chi connectivity index (χ1v) is 6.89. The SMILES string of the molecule is O=C(Nc1cccc2c1CCNC2)c1cccs1. The van der Waals surface area contributed by atoms with Gasteiger partial charge in [0, 0.05) is 12.2 Å². The van der Waals surface area contributed by atoms with Crippen LogP contribution in [0.4, 0.5) is 5.69 Å². The highest BCUT2D eigenvalue weighted by atomic mass is 32.1. The molecule has 0 atom stereocenters. The summed E-state index contributed by atoms with van der Waals surface area (Å²) in [5.74, 6) is -0.0167. The Morgan fingerprint density at radius 3 is 3.06 bits per heavy atom. The summed E-state index contributed by atoms with van der Waals surface area (Å²) in [7, 11) is 0. The largest absolute Gasteiger partial charge is 0.321 e. The molecule has 0 radical (unpaired) electrons. The molecule has 2 N–H and O–H groups in total. The molecular formula is C14H14N2OS. The summed E-state index contributed by atoms with van der Waals surface area (Å²) < 4.78 is 0. The maximum absolute atomic E-state index is 12.0. The highest BCUT2D eigenvalue weighted by Gasteiger charge is 2.14. The number of hydrogen-bond acceptors (Lipinski definition) is 3. The lowest BCUT2D eigenvalue weighted by Crippen LogP contribution is -2.25. The van der Waals surface area contributed by atoms with Crippen molar-refractivity contribution in [2.24, 2.45) is 0 Å². The number of benzene rings is 1. The third-order valence-corrected chi connectivity index (χ3v) is 4.00. The minimum absolute atomic E-state index is 0.0167. The highest BCUT2D eigenvalue weighted by Crippen LogP contribution is 2.24. The van der Waals surface area contributed by atoms with Crippen molar-refractivity contribution in [2.45, 2.75) is 13.0 Å². The van der Waals surface area contributed by atoms with Crippen LogP contribution in [0.1, 0.15) is 20.8 Å². The number of nitrogens with one attached hydrogen (secondary N) is 2. The number of hydrogen-bond donors (Lipinski definition) is 2. The van der Waals surface area contributed by atoms with Crippen molar-refractivity contribution >= 4 is 22.9 Å². The topological polar surface area (TPSA) is 41.1 Å². The number of anilines is 1. The summed E-state index contributed by atoms with van der Waals surface area (Å²) in [6.45, 7) is 1.86. The van der Waals surface area contributed by atoms with Gasteiger partial charge in [0.15, 0.2) is 0 Å². The first kappa shape index (κ1) is 11.4. The lowest BCUT2D eigenvalue weighted by molar-refractivity contribution is 0.103. The van der Waals surface area contributed by atoms with Crippen LogP contribution in [0.2, 0.25) is 0 Å². The van der Waals surface area contributed by atoms with Crippen LogP contribution in [-0.2, 0) is 13.0 Å². The van der Waals surface area contributed by atoms with Crippen LogP contribution in [0.5, 0.6) is 0 Å². The molecule has 1 aliphatic heterocycles. The Balaban J connectivity index is 1.87. The van der Waals surface area contributed by atoms with Gasteiger partial charge in [-0.2, -0.15) is 0 Å². The number of fused-ring (bicyclic) bond motifs is 1. The molecule has 3 rings (SSSR count). The average Bonchev–Trinajstić information content (AvgIpc) is 2.93. The standard InChI is InChI=1S/C14H14N2OS/c17-14(13-5-2-8-18-13)16-12-4-1-3-10-9-15-7-6-11(10)12/h1-5,8,15H,6-7,9H2,(H,16,17). The predicted octanol–water partition coefficient (Wildman–Crippen LogP) is 2.65. The van der Waals surface area contributed by atoms with Crippen LogP contribution in [0.3, 0.4) is 0 Å². The zero-order valence-corrected chi connectivity index (χ0v) is 10.7. The highest BCUT2D eigenvalue weighted by molar-refractivity contribution is 7.12. The third-order valence-electron chi connectivity index (χ3n) is 3.13. The number of carbonyl (C=O) groups is 1. The van der Waals surface area contributed by atoms with Crippen molar-refractivity contribution in [2.75, 3.05) is 11.9 Å². The first-order chi connectivity index (χ1) is 8.84. The van der Waals surface area contributed by atoms with Gasteiger partial charge in [-0.05, 0) is 41.6 Å². The molecule has 18 heavy (non-hydrogen) atoms. The second-order valence-corrected chi connectivity index (χ2v) is 5.25. The second kappa shape index (κ2) is 4.92. The van der Waals surface area contributed by atoms with Gasteiger partial charge in [-0.15, -0.1) is 11.3 Å². The van der Waals surface area contributed by atoms with Gasteiger partial charge in [0.2, 0.25) is 0 Å². The zero-order valence-electron chi connectivity index (χ0n) is 9.90. The molecule has 4 heteroatoms. The van der Waals surface area contributed by atoms with Gasteiger partial charge in [-0.25, -0.2) is 0 Å². The first-order valence-electron chi connectivity index (χ1n) is 6.01. The number of amides is 1. The van der Waals surface area contributed by atoms with E-state index < -0.39 is 0 Å². The molecule has 0 bridgehead atoms. The van der Waals surface area contributed by atoms with E-state index in [4.69, 9.17) is 0 Å². The second-order valence-electron chi connectivity index (χ2n) is 4.30. The van der Waals surface area contributed by atoms with Gasteiger partial charge < -0.3 is 10.6 Å². The molecule has 1 amide bonds. The Bertz CT molecular complexity index is 563. The number of thiophene rings is 1. The van der Waals surface area contributed by atoms with E-state index in [9.17, 15) is 4.79 Å². The molecule has 0 saturated heterocycles. The van der Waals surface area contributed by atoms with Crippen molar-refractivity contribution in [3.63, 3.8) is 0 Å². The molecule has 2 heterocycles. The summed E-state index contributed by atoms with van der Waals surface area (Å²) in [4.78, 5) is 12.8. The van der Waals surface area contributed by atoms with E-state index in [-0.39, 0.29) is 5.91 Å². The summed E-state index contributed by atoms with van der Waals surface area (Å²) in [5.41, 5.74) is 3.50. The van der Waals surface area contributed by atoms with Crippen LogP contribution in [0, 0.1) is 0 Å². The Morgan fingerprint density at radius 2 is 2.22 bits per heavy atom. The summed E-state index contributed by atoms with van der Waals surface area (Å²) in [6, 6.07) is 9.83. The molecule has 0 fully saturated rings. The monoisotopic (exact) mass is 258 g/mol. The third kappa shape index (κ3) is 2.17. The van der Waals surface area contributed by atoms with Crippen molar-refractivity contribution in [1.82, 2.24) is 5.32 Å². The van der Waals surface area contributed by atoms with E-state index in [2.05, 4.69) is 16.7 Å². The fourth-order valence-electron chi connectivity index (χ4n) is 2.24. The van der Waals surface area contributed by atoms with E-state index in [1.807, 2.05) is 29.6 Å². The Kier molecular flexibility index (Phi) is 3.13. The maximum Gasteiger partial charge on any atom is 0.265 e. The van der Waals surface area contributed by atoms with E-state index in [0.29, 0.717) is 0 Å². The van der Waals surface area contributed by atoms with E-state index in [0.717, 1.165) is 30.1 Å². The quantitative estimate of drug-likeness (QED) is 0.869. The van der Waals surface area contributed by atoms with Crippen molar-refractivity contribution < 1.29 is 4.79 Å². The molecule has 1 aromatic heterocycles. The molecule has 0 unspecified atom stereocenters. The minimum atomic E-state index is -0.0167. The van der Waals surface area contributed by atoms with Crippen LogP contribution >= 0.6 is 11.3 Å². The molecular weight excluding hydrogens is 244 g/mol. The van der Waals surface area contributed by atoms with Gasteiger partial charge >= 0.3 is 0 Å². The van der Waals surface area contributed by atoms with Gasteiger partial charge in [0.05, 0.1) is 4.88 Å². The number of rotatable bonds is 2. The van der Waals surface area contributed by atoms with Crippen LogP contribution in [0.25, 0.3) is 0 Å². The normalized spacial score (nSPS) is 14.0. The Hall–Kier alpha value is -1.65. The lowest BCUT2D eigenvalue weighted by Gasteiger charge is -2.20. The molecule has 3 nitrogen and oxygen atoms in total. The minimum Gasteiger partial charge on any atom is -0.321 e. The molecule has 1 aliphatic rings. The molecule has 0 saturated carbocycles. The van der Waals surface area contributed by atoms with Gasteiger partial charge in [0.1, 0.15) is 0 Å². The van der Waals surface area contributed by atoms with Crippen molar-refractivity contribution in [1.29, 1.82) is 0 Å². The number of carbonyl (C=O) groups excluding carboxylic acids is 1. The molecule has 1 aromatic carbocycles. The molecule has 0 aliphatic carbocycles. The maximum atomic E-state index is 12.0. The average molecular weight is 258 g/mol. The van der Waals surface area contributed by atoms with Crippen LogP contribution < -0.4 is 10.6 Å². The fraction of sp³-hybridized carbons (Fsp3) is 0.214. The van der Waals surface area contributed by atoms with Gasteiger partial charge in [-0.3, -0.25) is 4.79 Å². The Labute approximate surface area is 110 Å². The van der Waals surface area contributed by atoms with E-state index >= 15 is 0 Å². The van der Waals surface area contributed by atoms with Crippen molar-refractivity contribution in [3.05, 3.63) is 51.7 Å². The van der Waals surface area contributed by atoms with Crippen LogP contribution in [0.15, 0.2) is 35.7 Å². The molecule has 0 spiro atoms. The van der Waals surface area contributed by atoms with E-state index in [1.165, 1.54) is 22.5 Å². The van der Waals surface area contributed by atoms with Gasteiger partial charge in [-0.1, -0.05) is 18.2 Å². The molecule has 2 aromatic rings. The lowest BCUT2D eigenvalue weighted by atomic mass is 9.99.